The van der Waals surface area contributed by atoms with Gasteiger partial charge in [-0.3, -0.25) is 4.79 Å². The topological polar surface area (TPSA) is 63.2 Å². The second-order valence-electron chi connectivity index (χ2n) is 5.77. The van der Waals surface area contributed by atoms with Crippen LogP contribution in [0.4, 0.5) is 4.39 Å². The zero-order valence-corrected chi connectivity index (χ0v) is 14.4. The SMILES string of the molecule is C[C@H](C(=O)N[C@@H](Cc1ccc(F)cc1)c1ccccc1)S(C)(=O)=O. The molecule has 0 aromatic heterocycles. The van der Waals surface area contributed by atoms with Gasteiger partial charge in [0.15, 0.2) is 9.84 Å². The quantitative estimate of drug-likeness (QED) is 0.872. The first-order chi connectivity index (χ1) is 11.3. The summed E-state index contributed by atoms with van der Waals surface area (Å²) in [6.07, 6.45) is 1.47. The van der Waals surface area contributed by atoms with Crippen molar-refractivity contribution in [3.63, 3.8) is 0 Å². The van der Waals surface area contributed by atoms with E-state index in [9.17, 15) is 17.6 Å². The van der Waals surface area contributed by atoms with Crippen molar-refractivity contribution < 1.29 is 17.6 Å². The molecule has 24 heavy (non-hydrogen) atoms. The van der Waals surface area contributed by atoms with Gasteiger partial charge in [0, 0.05) is 6.26 Å². The number of hydrogen-bond donors (Lipinski definition) is 1. The number of amides is 1. The van der Waals surface area contributed by atoms with Crippen LogP contribution in [0.3, 0.4) is 0 Å². The van der Waals surface area contributed by atoms with Crippen molar-refractivity contribution in [3.05, 3.63) is 71.5 Å². The lowest BCUT2D eigenvalue weighted by Gasteiger charge is -2.21. The molecule has 0 spiro atoms. The van der Waals surface area contributed by atoms with E-state index in [1.807, 2.05) is 30.3 Å². The molecule has 0 unspecified atom stereocenters. The highest BCUT2D eigenvalue weighted by Gasteiger charge is 2.26. The molecule has 0 heterocycles. The molecule has 128 valence electrons. The summed E-state index contributed by atoms with van der Waals surface area (Å²) in [5.74, 6) is -0.877. The highest BCUT2D eigenvalue weighted by Crippen LogP contribution is 2.19. The Morgan fingerprint density at radius 3 is 2.21 bits per heavy atom. The lowest BCUT2D eigenvalue weighted by Crippen LogP contribution is -2.40. The molecule has 6 heteroatoms. The summed E-state index contributed by atoms with van der Waals surface area (Å²) in [6.45, 7) is 1.37. The first-order valence-corrected chi connectivity index (χ1v) is 9.51. The highest BCUT2D eigenvalue weighted by molar-refractivity contribution is 7.92. The fraction of sp³-hybridized carbons (Fsp3) is 0.278. The summed E-state index contributed by atoms with van der Waals surface area (Å²) in [7, 11) is -3.47. The lowest BCUT2D eigenvalue weighted by atomic mass is 9.98. The Balaban J connectivity index is 2.23. The third-order valence-corrected chi connectivity index (χ3v) is 5.38. The molecule has 1 N–H and O–H groups in total. The molecular formula is C18H20FNO3S. The largest absolute Gasteiger partial charge is 0.348 e. The maximum absolute atomic E-state index is 13.1. The Morgan fingerprint density at radius 1 is 1.08 bits per heavy atom. The normalized spacial score (nSPS) is 14.0. The zero-order valence-electron chi connectivity index (χ0n) is 13.6. The van der Waals surface area contributed by atoms with Crippen LogP contribution in [0.2, 0.25) is 0 Å². The Hall–Kier alpha value is -2.21. The number of carbonyl (C=O) groups excluding carboxylic acids is 1. The lowest BCUT2D eigenvalue weighted by molar-refractivity contribution is -0.121. The molecule has 2 aromatic rings. The van der Waals surface area contributed by atoms with Gasteiger partial charge in [-0.25, -0.2) is 12.8 Å². The number of carbonyl (C=O) groups is 1. The van der Waals surface area contributed by atoms with Gasteiger partial charge in [-0.2, -0.15) is 0 Å². The molecule has 0 bridgehead atoms. The minimum atomic E-state index is -3.47. The molecule has 4 nitrogen and oxygen atoms in total. The maximum Gasteiger partial charge on any atom is 0.238 e. The van der Waals surface area contributed by atoms with Gasteiger partial charge in [0.05, 0.1) is 6.04 Å². The van der Waals surface area contributed by atoms with Crippen LogP contribution in [0.15, 0.2) is 54.6 Å². The summed E-state index contributed by atoms with van der Waals surface area (Å²) >= 11 is 0. The molecule has 2 atom stereocenters. The van der Waals surface area contributed by atoms with Gasteiger partial charge in [-0.1, -0.05) is 42.5 Å². The number of halogens is 1. The van der Waals surface area contributed by atoms with E-state index in [4.69, 9.17) is 0 Å². The van der Waals surface area contributed by atoms with E-state index in [-0.39, 0.29) is 5.82 Å². The van der Waals surface area contributed by atoms with E-state index in [0.29, 0.717) is 6.42 Å². The smallest absolute Gasteiger partial charge is 0.238 e. The van der Waals surface area contributed by atoms with E-state index in [0.717, 1.165) is 17.4 Å². The molecular weight excluding hydrogens is 329 g/mol. The third-order valence-electron chi connectivity index (χ3n) is 3.88. The van der Waals surface area contributed by atoms with Crippen LogP contribution in [-0.2, 0) is 21.1 Å². The summed E-state index contributed by atoms with van der Waals surface area (Å²) in [5, 5.41) is 1.66. The van der Waals surface area contributed by atoms with Crippen molar-refractivity contribution in [3.8, 4) is 0 Å². The van der Waals surface area contributed by atoms with Gasteiger partial charge in [-0.05, 0) is 36.6 Å². The van der Waals surface area contributed by atoms with Crippen LogP contribution >= 0.6 is 0 Å². The van der Waals surface area contributed by atoms with Crippen molar-refractivity contribution in [2.75, 3.05) is 6.26 Å². The van der Waals surface area contributed by atoms with Gasteiger partial charge >= 0.3 is 0 Å². The van der Waals surface area contributed by atoms with Crippen molar-refractivity contribution in [1.29, 1.82) is 0 Å². The van der Waals surface area contributed by atoms with Gasteiger partial charge in [-0.15, -0.1) is 0 Å². The van der Waals surface area contributed by atoms with Crippen LogP contribution in [0.1, 0.15) is 24.1 Å². The predicted octanol–water partition coefficient (Wildman–Crippen LogP) is 2.66. The van der Waals surface area contributed by atoms with Gasteiger partial charge < -0.3 is 5.32 Å². The summed E-state index contributed by atoms with van der Waals surface area (Å²) in [6, 6.07) is 14.9. The van der Waals surface area contributed by atoms with Crippen LogP contribution in [0, 0.1) is 5.82 Å². The number of nitrogens with one attached hydrogen (secondary N) is 1. The van der Waals surface area contributed by atoms with Crippen LogP contribution in [0.5, 0.6) is 0 Å². The highest BCUT2D eigenvalue weighted by atomic mass is 32.2. The first-order valence-electron chi connectivity index (χ1n) is 7.56. The van der Waals surface area contributed by atoms with Crippen LogP contribution in [-0.4, -0.2) is 25.8 Å². The maximum atomic E-state index is 13.1. The van der Waals surface area contributed by atoms with Crippen molar-refractivity contribution in [2.24, 2.45) is 0 Å². The van der Waals surface area contributed by atoms with Gasteiger partial charge in [0.2, 0.25) is 5.91 Å². The molecule has 0 saturated heterocycles. The second kappa shape index (κ2) is 7.57. The van der Waals surface area contributed by atoms with E-state index in [1.54, 1.807) is 12.1 Å². The van der Waals surface area contributed by atoms with Gasteiger partial charge in [0.25, 0.3) is 0 Å². The predicted molar refractivity (Wildman–Crippen MR) is 91.7 cm³/mol. The van der Waals surface area contributed by atoms with Crippen LogP contribution < -0.4 is 5.32 Å². The molecule has 0 saturated carbocycles. The Kier molecular flexibility index (Phi) is 5.72. The standard InChI is InChI=1S/C18H20FNO3S/c1-13(24(2,22)23)18(21)20-17(15-6-4-3-5-7-15)12-14-8-10-16(19)11-9-14/h3-11,13,17H,12H2,1-2H3,(H,20,21)/t13-,17+/m1/s1. The zero-order chi connectivity index (χ0) is 17.7. The van der Waals surface area contributed by atoms with E-state index in [1.165, 1.54) is 19.1 Å². The number of benzene rings is 2. The second-order valence-corrected chi connectivity index (χ2v) is 8.14. The minimum Gasteiger partial charge on any atom is -0.348 e. The molecule has 0 radical (unpaired) electrons. The first kappa shape index (κ1) is 18.1. The van der Waals surface area contributed by atoms with Crippen LogP contribution in [0.25, 0.3) is 0 Å². The molecule has 2 aromatic carbocycles. The monoisotopic (exact) mass is 349 g/mol. The number of hydrogen-bond acceptors (Lipinski definition) is 3. The molecule has 0 fully saturated rings. The Morgan fingerprint density at radius 2 is 1.67 bits per heavy atom. The average molecular weight is 349 g/mol. The Labute approximate surface area is 141 Å². The molecule has 2 rings (SSSR count). The summed E-state index contributed by atoms with van der Waals surface area (Å²) in [5.41, 5.74) is 1.70. The molecule has 0 aliphatic heterocycles. The van der Waals surface area contributed by atoms with Crippen molar-refractivity contribution >= 4 is 15.7 Å². The fourth-order valence-electron chi connectivity index (χ4n) is 2.28. The third kappa shape index (κ3) is 4.89. The molecule has 0 aliphatic rings. The van der Waals surface area contributed by atoms with E-state index in [2.05, 4.69) is 5.32 Å². The minimum absolute atomic E-state index is 0.329. The molecule has 0 aliphatic carbocycles. The summed E-state index contributed by atoms with van der Waals surface area (Å²) < 4.78 is 36.2. The van der Waals surface area contributed by atoms with E-state index >= 15 is 0 Å². The Bertz CT molecular complexity index is 789. The van der Waals surface area contributed by atoms with Crippen molar-refractivity contribution in [1.82, 2.24) is 5.32 Å². The van der Waals surface area contributed by atoms with E-state index < -0.39 is 27.0 Å². The number of rotatable bonds is 6. The number of sulfone groups is 1. The summed E-state index contributed by atoms with van der Waals surface area (Å²) in [4.78, 5) is 12.3. The average Bonchev–Trinajstić information content (AvgIpc) is 2.55. The van der Waals surface area contributed by atoms with Crippen molar-refractivity contribution in [2.45, 2.75) is 24.6 Å². The molecule has 1 amide bonds. The van der Waals surface area contributed by atoms with Gasteiger partial charge in [0.1, 0.15) is 11.1 Å². The fourth-order valence-corrected chi connectivity index (χ4v) is 2.73.